The number of hydrogen-bond acceptors (Lipinski definition) is 3. The van der Waals surface area contributed by atoms with Gasteiger partial charge in [-0.25, -0.2) is 0 Å². The molecule has 2 aliphatic heterocycles. The van der Waals surface area contributed by atoms with Gasteiger partial charge >= 0.3 is 0 Å². The minimum atomic E-state index is -0.185. The van der Waals surface area contributed by atoms with E-state index in [1.807, 2.05) is 0 Å². The highest BCUT2D eigenvalue weighted by Crippen LogP contribution is 2.35. The largest absolute Gasteiger partial charge is 0.346 e. The number of ether oxygens (including phenoxy) is 2. The van der Waals surface area contributed by atoms with Gasteiger partial charge in [0, 0.05) is 23.5 Å². The lowest BCUT2D eigenvalue weighted by atomic mass is 10.1. The van der Waals surface area contributed by atoms with Crippen LogP contribution in [0.1, 0.15) is 17.4 Å². The standard InChI is InChI=1S/C17H17NO2/c1-2-4-16-13(3-1)9-10-18(16)15-7-5-14(6-8-15)17-19-11-12-20-17/h1-8,17H,9-12H2. The maximum Gasteiger partial charge on any atom is 0.184 e. The maximum atomic E-state index is 5.52. The van der Waals surface area contributed by atoms with Crippen molar-refractivity contribution in [1.82, 2.24) is 0 Å². The fourth-order valence-electron chi connectivity index (χ4n) is 2.97. The lowest BCUT2D eigenvalue weighted by Crippen LogP contribution is -2.13. The van der Waals surface area contributed by atoms with Crippen LogP contribution in [0.25, 0.3) is 0 Å². The van der Waals surface area contributed by atoms with Gasteiger partial charge in [0.15, 0.2) is 6.29 Å². The zero-order valence-electron chi connectivity index (χ0n) is 11.3. The van der Waals surface area contributed by atoms with Crippen molar-refractivity contribution in [3.05, 3.63) is 59.7 Å². The lowest BCUT2D eigenvalue weighted by molar-refractivity contribution is -0.0441. The van der Waals surface area contributed by atoms with Crippen molar-refractivity contribution in [2.45, 2.75) is 12.7 Å². The van der Waals surface area contributed by atoms with E-state index in [4.69, 9.17) is 9.47 Å². The number of fused-ring (bicyclic) bond motifs is 1. The summed E-state index contributed by atoms with van der Waals surface area (Å²) in [7, 11) is 0. The molecule has 4 rings (SSSR count). The quantitative estimate of drug-likeness (QED) is 0.832. The molecule has 0 atom stereocenters. The van der Waals surface area contributed by atoms with Gasteiger partial charge in [0.05, 0.1) is 13.2 Å². The van der Waals surface area contributed by atoms with Crippen LogP contribution < -0.4 is 4.90 Å². The van der Waals surface area contributed by atoms with Crippen molar-refractivity contribution in [2.75, 3.05) is 24.7 Å². The number of rotatable bonds is 2. The topological polar surface area (TPSA) is 21.7 Å². The Morgan fingerprint density at radius 3 is 2.45 bits per heavy atom. The van der Waals surface area contributed by atoms with Crippen LogP contribution in [0.15, 0.2) is 48.5 Å². The molecule has 3 heteroatoms. The van der Waals surface area contributed by atoms with E-state index in [0.717, 1.165) is 18.5 Å². The summed E-state index contributed by atoms with van der Waals surface area (Å²) < 4.78 is 11.0. The predicted molar refractivity (Wildman–Crippen MR) is 78.2 cm³/mol. The summed E-state index contributed by atoms with van der Waals surface area (Å²) in [5.41, 5.74) is 5.09. The molecule has 20 heavy (non-hydrogen) atoms. The first-order valence-electron chi connectivity index (χ1n) is 7.10. The summed E-state index contributed by atoms with van der Waals surface area (Å²) in [5, 5.41) is 0. The summed E-state index contributed by atoms with van der Waals surface area (Å²) >= 11 is 0. The highest BCUT2D eigenvalue weighted by atomic mass is 16.7. The van der Waals surface area contributed by atoms with E-state index in [9.17, 15) is 0 Å². The minimum absolute atomic E-state index is 0.185. The molecule has 1 fully saturated rings. The molecule has 0 amide bonds. The number of benzene rings is 2. The zero-order valence-corrected chi connectivity index (χ0v) is 11.3. The maximum absolute atomic E-state index is 5.52. The minimum Gasteiger partial charge on any atom is -0.346 e. The normalized spacial score (nSPS) is 18.5. The average molecular weight is 267 g/mol. The summed E-state index contributed by atoms with van der Waals surface area (Å²) in [4.78, 5) is 2.37. The van der Waals surface area contributed by atoms with Crippen LogP contribution in [0.3, 0.4) is 0 Å². The molecule has 0 aliphatic carbocycles. The Hall–Kier alpha value is -1.84. The molecule has 2 aromatic carbocycles. The smallest absolute Gasteiger partial charge is 0.184 e. The Bertz CT molecular complexity index is 603. The second-order valence-corrected chi connectivity index (χ2v) is 5.20. The summed E-state index contributed by atoms with van der Waals surface area (Å²) in [6.45, 7) is 2.42. The molecule has 0 saturated carbocycles. The van der Waals surface area contributed by atoms with Gasteiger partial charge in [-0.2, -0.15) is 0 Å². The van der Waals surface area contributed by atoms with E-state index in [1.165, 1.54) is 16.9 Å². The van der Waals surface area contributed by atoms with Gasteiger partial charge in [-0.15, -0.1) is 0 Å². The van der Waals surface area contributed by atoms with Crippen molar-refractivity contribution in [2.24, 2.45) is 0 Å². The predicted octanol–water partition coefficient (Wildman–Crippen LogP) is 3.43. The van der Waals surface area contributed by atoms with Crippen LogP contribution in [0, 0.1) is 0 Å². The molecule has 1 saturated heterocycles. The van der Waals surface area contributed by atoms with Crippen molar-refractivity contribution in [3.8, 4) is 0 Å². The Kier molecular flexibility index (Phi) is 2.94. The van der Waals surface area contributed by atoms with Crippen molar-refractivity contribution in [3.63, 3.8) is 0 Å². The van der Waals surface area contributed by atoms with Gasteiger partial charge in [-0.3, -0.25) is 0 Å². The number of hydrogen-bond donors (Lipinski definition) is 0. The average Bonchev–Trinajstić information content (AvgIpc) is 3.17. The van der Waals surface area contributed by atoms with Crippen molar-refractivity contribution < 1.29 is 9.47 Å². The third-order valence-corrected chi connectivity index (χ3v) is 3.99. The Morgan fingerprint density at radius 1 is 0.900 bits per heavy atom. The molecule has 0 bridgehead atoms. The molecule has 2 heterocycles. The third-order valence-electron chi connectivity index (χ3n) is 3.99. The van der Waals surface area contributed by atoms with E-state index in [1.54, 1.807) is 0 Å². The Labute approximate surface area is 118 Å². The second-order valence-electron chi connectivity index (χ2n) is 5.20. The molecule has 0 radical (unpaired) electrons. The summed E-state index contributed by atoms with van der Waals surface area (Å²) in [5.74, 6) is 0. The molecule has 2 aromatic rings. The van der Waals surface area contributed by atoms with Crippen molar-refractivity contribution in [1.29, 1.82) is 0 Å². The van der Waals surface area contributed by atoms with E-state index in [-0.39, 0.29) is 6.29 Å². The highest BCUT2D eigenvalue weighted by molar-refractivity contribution is 5.69. The second kappa shape index (κ2) is 4.93. The monoisotopic (exact) mass is 267 g/mol. The fraction of sp³-hybridized carbons (Fsp3) is 0.294. The van der Waals surface area contributed by atoms with Gasteiger partial charge in [0.2, 0.25) is 0 Å². The Morgan fingerprint density at radius 2 is 1.65 bits per heavy atom. The van der Waals surface area contributed by atoms with E-state index < -0.39 is 0 Å². The van der Waals surface area contributed by atoms with Crippen LogP contribution in [0.4, 0.5) is 11.4 Å². The van der Waals surface area contributed by atoms with Crippen LogP contribution in [0.5, 0.6) is 0 Å². The SMILES string of the molecule is c1ccc2c(c1)CCN2c1ccc(C2OCCO2)cc1. The molecule has 0 N–H and O–H groups in total. The van der Waals surface area contributed by atoms with Crippen LogP contribution in [0.2, 0.25) is 0 Å². The van der Waals surface area contributed by atoms with E-state index >= 15 is 0 Å². The molecular weight excluding hydrogens is 250 g/mol. The van der Waals surface area contributed by atoms with Gasteiger partial charge in [-0.05, 0) is 30.2 Å². The summed E-state index contributed by atoms with van der Waals surface area (Å²) in [6, 6.07) is 17.1. The summed E-state index contributed by atoms with van der Waals surface area (Å²) in [6.07, 6.45) is 0.933. The van der Waals surface area contributed by atoms with Crippen LogP contribution >= 0.6 is 0 Å². The fourth-order valence-corrected chi connectivity index (χ4v) is 2.97. The number of para-hydroxylation sites is 1. The molecule has 0 aromatic heterocycles. The molecule has 102 valence electrons. The van der Waals surface area contributed by atoms with E-state index in [0.29, 0.717) is 13.2 Å². The van der Waals surface area contributed by atoms with Gasteiger partial charge in [0.25, 0.3) is 0 Å². The highest BCUT2D eigenvalue weighted by Gasteiger charge is 2.21. The van der Waals surface area contributed by atoms with E-state index in [2.05, 4.69) is 53.4 Å². The third kappa shape index (κ3) is 1.99. The first kappa shape index (κ1) is 11.9. The first-order chi connectivity index (χ1) is 9.92. The van der Waals surface area contributed by atoms with Crippen molar-refractivity contribution >= 4 is 11.4 Å². The van der Waals surface area contributed by atoms with Gasteiger partial charge < -0.3 is 14.4 Å². The molecular formula is C17H17NO2. The van der Waals surface area contributed by atoms with Gasteiger partial charge in [0.1, 0.15) is 0 Å². The molecule has 3 nitrogen and oxygen atoms in total. The molecule has 2 aliphatic rings. The molecule has 0 unspecified atom stereocenters. The van der Waals surface area contributed by atoms with Crippen LogP contribution in [-0.4, -0.2) is 19.8 Å². The lowest BCUT2D eigenvalue weighted by Gasteiger charge is -2.20. The van der Waals surface area contributed by atoms with Gasteiger partial charge in [-0.1, -0.05) is 30.3 Å². The zero-order chi connectivity index (χ0) is 13.4. The Balaban J connectivity index is 1.60. The van der Waals surface area contributed by atoms with Crippen LogP contribution in [-0.2, 0) is 15.9 Å². The number of anilines is 2. The first-order valence-corrected chi connectivity index (χ1v) is 7.10. The number of nitrogens with zero attached hydrogens (tertiary/aromatic N) is 1. The molecule has 0 spiro atoms.